The molecule has 1 aromatic carbocycles. The van der Waals surface area contributed by atoms with Gasteiger partial charge >= 0.3 is 0 Å². The van der Waals surface area contributed by atoms with Gasteiger partial charge in [0.2, 0.25) is 5.91 Å². The number of nitrogens with two attached hydrogens (primary N) is 1. The Morgan fingerprint density at radius 2 is 2.16 bits per heavy atom. The number of ether oxygens (including phenoxy) is 1. The molecule has 1 unspecified atom stereocenters. The largest absolute Gasteiger partial charge is 0.493 e. The second-order valence-electron chi connectivity index (χ2n) is 5.15. The van der Waals surface area contributed by atoms with Crippen LogP contribution in [0.5, 0.6) is 5.75 Å². The Morgan fingerprint density at radius 1 is 1.42 bits per heavy atom. The molecule has 1 aromatic rings. The molecule has 1 fully saturated rings. The van der Waals surface area contributed by atoms with Crippen LogP contribution in [0.25, 0.3) is 0 Å². The van der Waals surface area contributed by atoms with Crippen LogP contribution in [-0.2, 0) is 4.79 Å². The van der Waals surface area contributed by atoms with Crippen LogP contribution in [0.1, 0.15) is 30.9 Å². The van der Waals surface area contributed by atoms with Crippen LogP contribution in [0, 0.1) is 5.41 Å². The van der Waals surface area contributed by atoms with Crippen molar-refractivity contribution in [2.24, 2.45) is 11.1 Å². The van der Waals surface area contributed by atoms with Crippen molar-refractivity contribution in [2.75, 3.05) is 6.61 Å². The third-order valence-corrected chi connectivity index (χ3v) is 4.31. The lowest BCUT2D eigenvalue weighted by molar-refractivity contribution is -0.125. The average Bonchev–Trinajstić information content (AvgIpc) is 3.20. The third-order valence-electron chi connectivity index (χ3n) is 3.92. The number of fused-ring (bicyclic) bond motifs is 1. The molecule has 1 amide bonds. The van der Waals surface area contributed by atoms with E-state index in [1.165, 1.54) is 0 Å². The van der Waals surface area contributed by atoms with Crippen LogP contribution in [0.3, 0.4) is 0 Å². The summed E-state index contributed by atoms with van der Waals surface area (Å²) in [4.78, 5) is 12.6. The van der Waals surface area contributed by atoms with Gasteiger partial charge < -0.3 is 15.8 Å². The van der Waals surface area contributed by atoms with Crippen molar-refractivity contribution in [3.05, 3.63) is 29.8 Å². The SMILES string of the molecule is NC(=S)C1(C(=O)NC2CCOc3ccccc32)CC1. The summed E-state index contributed by atoms with van der Waals surface area (Å²) in [6, 6.07) is 7.78. The highest BCUT2D eigenvalue weighted by Gasteiger charge is 2.53. The molecule has 4 nitrogen and oxygen atoms in total. The molecule has 0 radical (unpaired) electrons. The minimum atomic E-state index is -0.595. The number of carbonyl (C=O) groups is 1. The van der Waals surface area contributed by atoms with Crippen molar-refractivity contribution >= 4 is 23.1 Å². The van der Waals surface area contributed by atoms with Crippen molar-refractivity contribution in [1.82, 2.24) is 5.32 Å². The number of para-hydroxylation sites is 1. The summed E-state index contributed by atoms with van der Waals surface area (Å²) in [5.74, 6) is 0.806. The van der Waals surface area contributed by atoms with Gasteiger partial charge in [0.05, 0.1) is 23.1 Å². The molecule has 0 spiro atoms. The first-order chi connectivity index (χ1) is 9.13. The van der Waals surface area contributed by atoms with Crippen LogP contribution in [-0.4, -0.2) is 17.5 Å². The Morgan fingerprint density at radius 3 is 2.84 bits per heavy atom. The van der Waals surface area contributed by atoms with Gasteiger partial charge in [0.1, 0.15) is 5.75 Å². The predicted octanol–water partition coefficient (Wildman–Crippen LogP) is 1.69. The standard InChI is InChI=1S/C14H16N2O2S/c15-12(19)14(6-7-14)13(17)16-10-5-8-18-11-4-2-1-3-9(10)11/h1-4,10H,5-8H2,(H2,15,19)(H,16,17). The fourth-order valence-electron chi connectivity index (χ4n) is 2.50. The van der Waals surface area contributed by atoms with Crippen LogP contribution in [0.4, 0.5) is 0 Å². The molecule has 1 aliphatic carbocycles. The summed E-state index contributed by atoms with van der Waals surface area (Å²) in [5, 5.41) is 3.07. The molecule has 5 heteroatoms. The van der Waals surface area contributed by atoms with E-state index in [1.54, 1.807) is 0 Å². The van der Waals surface area contributed by atoms with Gasteiger partial charge in [-0.15, -0.1) is 0 Å². The lowest BCUT2D eigenvalue weighted by atomic mass is 9.98. The Hall–Kier alpha value is -1.62. The predicted molar refractivity (Wildman–Crippen MR) is 75.9 cm³/mol. The maximum Gasteiger partial charge on any atom is 0.233 e. The van der Waals surface area contributed by atoms with Crippen LogP contribution < -0.4 is 15.8 Å². The maximum absolute atomic E-state index is 12.3. The van der Waals surface area contributed by atoms with E-state index in [4.69, 9.17) is 22.7 Å². The molecule has 0 aromatic heterocycles. The molecule has 19 heavy (non-hydrogen) atoms. The van der Waals surface area contributed by atoms with Gasteiger partial charge in [0.15, 0.2) is 0 Å². The zero-order valence-electron chi connectivity index (χ0n) is 10.5. The van der Waals surface area contributed by atoms with Crippen LogP contribution in [0.15, 0.2) is 24.3 Å². The van der Waals surface area contributed by atoms with Gasteiger partial charge in [-0.3, -0.25) is 4.79 Å². The molecule has 3 rings (SSSR count). The van der Waals surface area contributed by atoms with E-state index in [9.17, 15) is 4.79 Å². The lowest BCUT2D eigenvalue weighted by Gasteiger charge is -2.28. The van der Waals surface area contributed by atoms with Gasteiger partial charge in [-0.2, -0.15) is 0 Å². The number of carbonyl (C=O) groups excluding carboxylic acids is 1. The van der Waals surface area contributed by atoms with Crippen molar-refractivity contribution in [1.29, 1.82) is 0 Å². The molecule has 1 aliphatic heterocycles. The van der Waals surface area contributed by atoms with E-state index < -0.39 is 5.41 Å². The van der Waals surface area contributed by atoms with E-state index >= 15 is 0 Å². The molecule has 2 aliphatic rings. The average molecular weight is 276 g/mol. The highest BCUT2D eigenvalue weighted by molar-refractivity contribution is 7.80. The number of hydrogen-bond acceptors (Lipinski definition) is 3. The van der Waals surface area contributed by atoms with Gasteiger partial charge in [0, 0.05) is 12.0 Å². The van der Waals surface area contributed by atoms with Crippen molar-refractivity contribution in [3.8, 4) is 5.75 Å². The number of benzene rings is 1. The molecule has 0 bridgehead atoms. The highest BCUT2D eigenvalue weighted by Crippen LogP contribution is 2.47. The summed E-state index contributed by atoms with van der Waals surface area (Å²) < 4.78 is 5.58. The normalized spacial score (nSPS) is 22.8. The van der Waals surface area contributed by atoms with Gasteiger partial charge in [0.25, 0.3) is 0 Å². The van der Waals surface area contributed by atoms with Gasteiger partial charge in [-0.05, 0) is 18.9 Å². The van der Waals surface area contributed by atoms with Crippen molar-refractivity contribution < 1.29 is 9.53 Å². The first kappa shape index (κ1) is 12.4. The van der Waals surface area contributed by atoms with E-state index in [-0.39, 0.29) is 11.9 Å². The molecule has 1 heterocycles. The molecule has 3 N–H and O–H groups in total. The summed E-state index contributed by atoms with van der Waals surface area (Å²) in [7, 11) is 0. The lowest BCUT2D eigenvalue weighted by Crippen LogP contribution is -2.42. The number of hydrogen-bond donors (Lipinski definition) is 2. The molecular formula is C14H16N2O2S. The highest BCUT2D eigenvalue weighted by atomic mass is 32.1. The molecule has 1 atom stereocenters. The van der Waals surface area contributed by atoms with E-state index in [0.717, 1.165) is 30.6 Å². The molecule has 1 saturated carbocycles. The number of thiocarbonyl (C=S) groups is 1. The van der Waals surface area contributed by atoms with Gasteiger partial charge in [-0.25, -0.2) is 0 Å². The summed E-state index contributed by atoms with van der Waals surface area (Å²) in [6.07, 6.45) is 2.30. The number of nitrogens with one attached hydrogen (secondary N) is 1. The summed E-state index contributed by atoms with van der Waals surface area (Å²) in [5.41, 5.74) is 6.11. The molecular weight excluding hydrogens is 260 g/mol. The first-order valence-electron chi connectivity index (χ1n) is 6.46. The number of rotatable bonds is 3. The van der Waals surface area contributed by atoms with Crippen LogP contribution >= 0.6 is 12.2 Å². The quantitative estimate of drug-likeness (QED) is 0.825. The van der Waals surface area contributed by atoms with E-state index in [2.05, 4.69) is 5.32 Å². The summed E-state index contributed by atoms with van der Waals surface area (Å²) >= 11 is 5.01. The topological polar surface area (TPSA) is 64.4 Å². The zero-order valence-corrected chi connectivity index (χ0v) is 11.3. The molecule has 0 saturated heterocycles. The third kappa shape index (κ3) is 2.08. The van der Waals surface area contributed by atoms with Crippen molar-refractivity contribution in [3.63, 3.8) is 0 Å². The molecule has 100 valence electrons. The van der Waals surface area contributed by atoms with Crippen molar-refractivity contribution in [2.45, 2.75) is 25.3 Å². The number of amides is 1. The maximum atomic E-state index is 12.3. The fraction of sp³-hybridized carbons (Fsp3) is 0.429. The van der Waals surface area contributed by atoms with E-state index in [0.29, 0.717) is 11.6 Å². The Balaban J connectivity index is 1.78. The summed E-state index contributed by atoms with van der Waals surface area (Å²) in [6.45, 7) is 0.613. The zero-order chi connectivity index (χ0) is 13.5. The fourth-order valence-corrected chi connectivity index (χ4v) is 2.80. The van der Waals surface area contributed by atoms with E-state index in [1.807, 2.05) is 24.3 Å². The minimum Gasteiger partial charge on any atom is -0.493 e. The van der Waals surface area contributed by atoms with Gasteiger partial charge in [-0.1, -0.05) is 30.4 Å². The Bertz CT molecular complexity index is 540. The smallest absolute Gasteiger partial charge is 0.233 e. The Kier molecular flexibility index (Phi) is 2.93. The first-order valence-corrected chi connectivity index (χ1v) is 6.87. The van der Waals surface area contributed by atoms with Crippen LogP contribution in [0.2, 0.25) is 0 Å². The minimum absolute atomic E-state index is 0.00993. The Labute approximate surface area is 117 Å². The second kappa shape index (κ2) is 4.49. The second-order valence-corrected chi connectivity index (χ2v) is 5.59. The monoisotopic (exact) mass is 276 g/mol.